The summed E-state index contributed by atoms with van der Waals surface area (Å²) in [4.78, 5) is 16.6. The van der Waals surface area contributed by atoms with Crippen LogP contribution in [0.5, 0.6) is 0 Å². The van der Waals surface area contributed by atoms with Crippen LogP contribution in [0, 0.1) is 0 Å². The van der Waals surface area contributed by atoms with Crippen molar-refractivity contribution in [1.82, 2.24) is 25.2 Å². The zero-order valence-corrected chi connectivity index (χ0v) is 16.6. The first-order chi connectivity index (χ1) is 13.3. The van der Waals surface area contributed by atoms with E-state index in [-0.39, 0.29) is 29.7 Å². The fourth-order valence-electron chi connectivity index (χ4n) is 2.47. The second kappa shape index (κ2) is 7.93. The van der Waals surface area contributed by atoms with E-state index in [4.69, 9.17) is 4.52 Å². The van der Waals surface area contributed by atoms with Crippen molar-refractivity contribution in [2.75, 3.05) is 0 Å². The summed E-state index contributed by atoms with van der Waals surface area (Å²) < 4.78 is 31.0. The summed E-state index contributed by atoms with van der Waals surface area (Å²) in [6, 6.07) is 6.33. The molecule has 0 aliphatic rings. The predicted molar refractivity (Wildman–Crippen MR) is 101 cm³/mol. The highest BCUT2D eigenvalue weighted by molar-refractivity contribution is 7.92. The fourth-order valence-corrected chi connectivity index (χ4v) is 3.53. The number of sulfone groups is 1. The first kappa shape index (κ1) is 19.7. The molecule has 0 bridgehead atoms. The zero-order chi connectivity index (χ0) is 20.3. The van der Waals surface area contributed by atoms with E-state index in [0.717, 1.165) is 5.56 Å². The van der Waals surface area contributed by atoms with Gasteiger partial charge in [-0.2, -0.15) is 10.1 Å². The van der Waals surface area contributed by atoms with Crippen molar-refractivity contribution in [2.24, 2.45) is 7.05 Å². The minimum absolute atomic E-state index is 0.103. The molecule has 0 aliphatic carbocycles. The van der Waals surface area contributed by atoms with Crippen molar-refractivity contribution in [1.29, 1.82) is 0 Å². The van der Waals surface area contributed by atoms with E-state index in [2.05, 4.69) is 20.6 Å². The Hall–Kier alpha value is -3.01. The number of amides is 1. The molecule has 3 rings (SSSR count). The second-order valence-corrected chi connectivity index (χ2v) is 9.11. The minimum Gasteiger partial charge on any atom is -0.347 e. The lowest BCUT2D eigenvalue weighted by molar-refractivity contribution is -0.120. The first-order valence-electron chi connectivity index (χ1n) is 8.67. The van der Waals surface area contributed by atoms with E-state index >= 15 is 0 Å². The number of aromatic nitrogens is 4. The topological polar surface area (TPSA) is 120 Å². The standard InChI is InChI=1S/C18H21N5O4S/c1-12(2)28(25,26)15-6-4-13(5-7-15)8-16(24)19-10-17-21-18(22-27-17)14-9-20-23(3)11-14/h4-7,9,11-12H,8,10H2,1-3H3,(H,19,24). The Morgan fingerprint density at radius 2 is 1.96 bits per heavy atom. The molecule has 0 atom stereocenters. The maximum absolute atomic E-state index is 12.1. The number of nitrogens with one attached hydrogen (secondary N) is 1. The van der Waals surface area contributed by atoms with Crippen LogP contribution in [0.25, 0.3) is 11.4 Å². The average Bonchev–Trinajstić information content (AvgIpc) is 3.29. The van der Waals surface area contributed by atoms with E-state index in [1.807, 2.05) is 0 Å². The number of carbonyl (C=O) groups is 1. The molecule has 0 spiro atoms. The third kappa shape index (κ3) is 4.45. The van der Waals surface area contributed by atoms with Gasteiger partial charge in [0.25, 0.3) is 0 Å². The van der Waals surface area contributed by atoms with Crippen molar-refractivity contribution >= 4 is 15.7 Å². The Kier molecular flexibility index (Phi) is 5.59. The van der Waals surface area contributed by atoms with Gasteiger partial charge in [-0.25, -0.2) is 8.42 Å². The van der Waals surface area contributed by atoms with E-state index in [9.17, 15) is 13.2 Å². The van der Waals surface area contributed by atoms with Crippen molar-refractivity contribution in [3.8, 4) is 11.4 Å². The summed E-state index contributed by atoms with van der Waals surface area (Å²) in [7, 11) is -1.53. The second-order valence-electron chi connectivity index (χ2n) is 6.61. The molecule has 2 aromatic heterocycles. The van der Waals surface area contributed by atoms with Crippen molar-refractivity contribution < 1.29 is 17.7 Å². The summed E-state index contributed by atoms with van der Waals surface area (Å²) in [6.45, 7) is 3.37. The SMILES string of the molecule is CC(C)S(=O)(=O)c1ccc(CC(=O)NCc2nc(-c3cnn(C)c3)no2)cc1. The molecule has 0 fully saturated rings. The van der Waals surface area contributed by atoms with Gasteiger partial charge in [-0.05, 0) is 31.5 Å². The lowest BCUT2D eigenvalue weighted by Gasteiger charge is -2.08. The molecule has 0 aliphatic heterocycles. The van der Waals surface area contributed by atoms with Crippen LogP contribution in [0.2, 0.25) is 0 Å². The van der Waals surface area contributed by atoms with Gasteiger partial charge >= 0.3 is 0 Å². The molecule has 0 radical (unpaired) electrons. The average molecular weight is 403 g/mol. The molecule has 9 nitrogen and oxygen atoms in total. The lowest BCUT2D eigenvalue weighted by Crippen LogP contribution is -2.24. The number of rotatable bonds is 7. The summed E-state index contributed by atoms with van der Waals surface area (Å²) in [6.07, 6.45) is 3.50. The molecule has 148 valence electrons. The van der Waals surface area contributed by atoms with Gasteiger partial charge in [0.2, 0.25) is 17.6 Å². The maximum Gasteiger partial charge on any atom is 0.246 e. The summed E-state index contributed by atoms with van der Waals surface area (Å²) >= 11 is 0. The van der Waals surface area contributed by atoms with Crippen molar-refractivity contribution in [3.05, 3.63) is 48.1 Å². The molecule has 3 aromatic rings. The molecule has 1 aromatic carbocycles. The molecular formula is C18H21N5O4S. The van der Waals surface area contributed by atoms with Crippen molar-refractivity contribution in [3.63, 3.8) is 0 Å². The zero-order valence-electron chi connectivity index (χ0n) is 15.8. The van der Waals surface area contributed by atoms with Crippen LogP contribution < -0.4 is 5.32 Å². The van der Waals surface area contributed by atoms with Crippen molar-refractivity contribution in [2.45, 2.75) is 37.0 Å². The smallest absolute Gasteiger partial charge is 0.246 e. The summed E-state index contributed by atoms with van der Waals surface area (Å²) in [5.41, 5.74) is 1.43. The quantitative estimate of drug-likeness (QED) is 0.635. The third-order valence-electron chi connectivity index (χ3n) is 4.11. The van der Waals surface area contributed by atoms with Crippen LogP contribution in [0.15, 0.2) is 46.1 Å². The van der Waals surface area contributed by atoms with Crippen LogP contribution in [0.3, 0.4) is 0 Å². The largest absolute Gasteiger partial charge is 0.347 e. The van der Waals surface area contributed by atoms with Gasteiger partial charge < -0.3 is 9.84 Å². The third-order valence-corrected chi connectivity index (χ3v) is 6.28. The maximum atomic E-state index is 12.1. The minimum atomic E-state index is -3.32. The molecule has 2 heterocycles. The van der Waals surface area contributed by atoms with Gasteiger partial charge in [0.15, 0.2) is 9.84 Å². The molecule has 0 saturated carbocycles. The van der Waals surface area contributed by atoms with Crippen LogP contribution in [-0.2, 0) is 34.6 Å². The van der Waals surface area contributed by atoms with Gasteiger partial charge in [-0.1, -0.05) is 17.3 Å². The summed E-state index contributed by atoms with van der Waals surface area (Å²) in [5, 5.41) is 10.1. The molecule has 1 amide bonds. The summed E-state index contributed by atoms with van der Waals surface area (Å²) in [5.74, 6) is 0.450. The van der Waals surface area contributed by atoms with Gasteiger partial charge in [0, 0.05) is 13.2 Å². The van der Waals surface area contributed by atoms with Crippen LogP contribution in [0.1, 0.15) is 25.3 Å². The normalized spacial score (nSPS) is 11.7. The lowest BCUT2D eigenvalue weighted by atomic mass is 10.1. The van der Waals surface area contributed by atoms with E-state index in [0.29, 0.717) is 11.4 Å². The number of hydrogen-bond acceptors (Lipinski definition) is 7. The van der Waals surface area contributed by atoms with Crippen LogP contribution in [-0.4, -0.2) is 39.5 Å². The van der Waals surface area contributed by atoms with E-state index in [1.165, 1.54) is 12.1 Å². The van der Waals surface area contributed by atoms with Gasteiger partial charge in [0.05, 0.1) is 34.9 Å². The highest BCUT2D eigenvalue weighted by Gasteiger charge is 2.19. The Balaban J connectivity index is 1.55. The Morgan fingerprint density at radius 1 is 1.25 bits per heavy atom. The molecular weight excluding hydrogens is 382 g/mol. The molecule has 1 N–H and O–H groups in total. The number of hydrogen-bond donors (Lipinski definition) is 1. The Labute approximate surface area is 162 Å². The van der Waals surface area contributed by atoms with Gasteiger partial charge in [-0.15, -0.1) is 0 Å². The van der Waals surface area contributed by atoms with Crippen LogP contribution in [0.4, 0.5) is 0 Å². The highest BCUT2D eigenvalue weighted by Crippen LogP contribution is 2.17. The molecule has 10 heteroatoms. The number of carbonyl (C=O) groups excluding carboxylic acids is 1. The fraction of sp³-hybridized carbons (Fsp3) is 0.333. The molecule has 0 unspecified atom stereocenters. The number of benzene rings is 1. The Morgan fingerprint density at radius 3 is 2.57 bits per heavy atom. The number of aryl methyl sites for hydroxylation is 1. The van der Waals surface area contributed by atoms with Gasteiger partial charge in [0.1, 0.15) is 0 Å². The van der Waals surface area contributed by atoms with E-state index < -0.39 is 15.1 Å². The van der Waals surface area contributed by atoms with E-state index in [1.54, 1.807) is 50.1 Å². The predicted octanol–water partition coefficient (Wildman–Crippen LogP) is 1.51. The first-order valence-corrected chi connectivity index (χ1v) is 10.2. The van der Waals surface area contributed by atoms with Crippen LogP contribution >= 0.6 is 0 Å². The molecule has 0 saturated heterocycles. The molecule has 28 heavy (non-hydrogen) atoms. The monoisotopic (exact) mass is 403 g/mol. The van der Waals surface area contributed by atoms with Gasteiger partial charge in [-0.3, -0.25) is 9.48 Å². The number of nitrogens with zero attached hydrogens (tertiary/aromatic N) is 4. The Bertz CT molecular complexity index is 1070. The highest BCUT2D eigenvalue weighted by atomic mass is 32.2.